The van der Waals surface area contributed by atoms with Crippen LogP contribution in [0.2, 0.25) is 0 Å². The fourth-order valence-corrected chi connectivity index (χ4v) is 3.23. The number of amides is 2. The molecule has 2 saturated heterocycles. The van der Waals surface area contributed by atoms with Crippen molar-refractivity contribution in [2.45, 2.75) is 32.4 Å². The second-order valence-corrected chi connectivity index (χ2v) is 6.36. The maximum absolute atomic E-state index is 12.1. The second-order valence-electron chi connectivity index (χ2n) is 6.36. The lowest BCUT2D eigenvalue weighted by Gasteiger charge is -2.52. The number of benzene rings is 1. The van der Waals surface area contributed by atoms with Gasteiger partial charge in [0.1, 0.15) is 0 Å². The van der Waals surface area contributed by atoms with Gasteiger partial charge in [0.25, 0.3) is 0 Å². The zero-order valence-electron chi connectivity index (χ0n) is 13.2. The molecular weight excluding hydrogens is 280 g/mol. The number of carbonyl (C=O) groups is 2. The molecule has 2 fully saturated rings. The normalized spacial score (nSPS) is 25.1. The number of ether oxygens (including phenoxy) is 1. The van der Waals surface area contributed by atoms with Crippen molar-refractivity contribution < 1.29 is 14.3 Å². The van der Waals surface area contributed by atoms with E-state index in [0.717, 1.165) is 5.56 Å². The molecule has 0 bridgehead atoms. The van der Waals surface area contributed by atoms with Gasteiger partial charge in [-0.15, -0.1) is 0 Å². The van der Waals surface area contributed by atoms with Gasteiger partial charge in [0.2, 0.25) is 11.8 Å². The largest absolute Gasteiger partial charge is 0.377 e. The van der Waals surface area contributed by atoms with E-state index in [1.165, 1.54) is 5.56 Å². The number of hydrogen-bond acceptors (Lipinski definition) is 3. The maximum Gasteiger partial charge on any atom is 0.226 e. The highest BCUT2D eigenvalue weighted by molar-refractivity contribution is 5.85. The molecule has 0 unspecified atom stereocenters. The minimum atomic E-state index is -0.357. The van der Waals surface area contributed by atoms with Gasteiger partial charge in [0, 0.05) is 26.6 Å². The Morgan fingerprint density at radius 1 is 1.32 bits per heavy atom. The number of likely N-dealkylation sites (tertiary alicyclic amines) is 1. The van der Waals surface area contributed by atoms with Gasteiger partial charge >= 0.3 is 0 Å². The number of β-lactam (4-membered cyclic amide) rings is 1. The molecule has 0 aromatic heterocycles. The summed E-state index contributed by atoms with van der Waals surface area (Å²) in [5.41, 5.74) is 1.95. The summed E-state index contributed by atoms with van der Waals surface area (Å²) in [6.45, 7) is 6.41. The lowest BCUT2D eigenvalue weighted by molar-refractivity contribution is -0.166. The average Bonchev–Trinajstić information content (AvgIpc) is 2.71. The van der Waals surface area contributed by atoms with E-state index in [4.69, 9.17) is 4.74 Å². The highest BCUT2D eigenvalue weighted by Gasteiger charge is 2.52. The topological polar surface area (TPSA) is 49.9 Å². The van der Waals surface area contributed by atoms with Crippen LogP contribution in [0.1, 0.15) is 24.5 Å². The van der Waals surface area contributed by atoms with Gasteiger partial charge < -0.3 is 14.5 Å². The van der Waals surface area contributed by atoms with Gasteiger partial charge in [0.15, 0.2) is 0 Å². The Balaban J connectivity index is 1.78. The molecular formula is C17H22N2O3. The van der Waals surface area contributed by atoms with Crippen molar-refractivity contribution in [1.82, 2.24) is 9.80 Å². The van der Waals surface area contributed by atoms with E-state index in [1.54, 1.807) is 11.8 Å². The minimum Gasteiger partial charge on any atom is -0.377 e. The lowest BCUT2D eigenvalue weighted by atomic mass is 9.83. The fourth-order valence-electron chi connectivity index (χ4n) is 3.23. The van der Waals surface area contributed by atoms with Gasteiger partial charge in [-0.25, -0.2) is 0 Å². The van der Waals surface area contributed by atoms with Crippen molar-refractivity contribution in [3.05, 3.63) is 35.4 Å². The van der Waals surface area contributed by atoms with Crippen molar-refractivity contribution >= 4 is 11.8 Å². The van der Waals surface area contributed by atoms with Crippen molar-refractivity contribution in [1.29, 1.82) is 0 Å². The smallest absolute Gasteiger partial charge is 0.226 e. The SMILES string of the molecule is CC(=O)N1CCOC[C@]2(CC(=O)N2Cc2ccc(C)cc2)C1. The number of rotatable bonds is 2. The minimum absolute atomic E-state index is 0.0412. The Hall–Kier alpha value is -1.88. The van der Waals surface area contributed by atoms with Crippen molar-refractivity contribution in [2.75, 3.05) is 26.3 Å². The molecule has 1 spiro atoms. The Morgan fingerprint density at radius 3 is 2.68 bits per heavy atom. The van der Waals surface area contributed by atoms with E-state index in [-0.39, 0.29) is 17.4 Å². The summed E-state index contributed by atoms with van der Waals surface area (Å²) in [4.78, 5) is 27.5. The molecule has 1 aromatic carbocycles. The highest BCUT2D eigenvalue weighted by Crippen LogP contribution is 2.36. The highest BCUT2D eigenvalue weighted by atomic mass is 16.5. The van der Waals surface area contributed by atoms with E-state index < -0.39 is 0 Å². The first-order valence-electron chi connectivity index (χ1n) is 7.69. The van der Waals surface area contributed by atoms with Gasteiger partial charge in [-0.05, 0) is 12.5 Å². The number of hydrogen-bond donors (Lipinski definition) is 0. The summed E-state index contributed by atoms with van der Waals surface area (Å²) in [6, 6.07) is 8.21. The summed E-state index contributed by atoms with van der Waals surface area (Å²) >= 11 is 0. The van der Waals surface area contributed by atoms with Crippen molar-refractivity contribution in [3.63, 3.8) is 0 Å². The predicted octanol–water partition coefficient (Wildman–Crippen LogP) is 1.34. The molecule has 2 aliphatic rings. The summed E-state index contributed by atoms with van der Waals surface area (Å²) in [5.74, 6) is 0.175. The maximum atomic E-state index is 12.1. The van der Waals surface area contributed by atoms with Crippen molar-refractivity contribution in [2.24, 2.45) is 0 Å². The van der Waals surface area contributed by atoms with Crippen LogP contribution >= 0.6 is 0 Å². The molecule has 22 heavy (non-hydrogen) atoms. The van der Waals surface area contributed by atoms with Crippen LogP contribution < -0.4 is 0 Å². The molecule has 1 atom stereocenters. The van der Waals surface area contributed by atoms with E-state index >= 15 is 0 Å². The first kappa shape index (κ1) is 15.0. The standard InChI is InChI=1S/C17H22N2O3/c1-13-3-5-15(6-4-13)10-19-16(21)9-17(19)11-18(14(2)20)7-8-22-12-17/h3-6H,7-12H2,1-2H3/t17-/m0/s1. The van der Waals surface area contributed by atoms with Crippen LogP contribution in [0.15, 0.2) is 24.3 Å². The van der Waals surface area contributed by atoms with Gasteiger partial charge in [0.05, 0.1) is 25.2 Å². The lowest BCUT2D eigenvalue weighted by Crippen LogP contribution is -2.69. The molecule has 3 rings (SSSR count). The Labute approximate surface area is 130 Å². The molecule has 0 N–H and O–H groups in total. The first-order valence-corrected chi connectivity index (χ1v) is 7.69. The third-order valence-electron chi connectivity index (χ3n) is 4.62. The van der Waals surface area contributed by atoms with E-state index in [1.807, 2.05) is 11.8 Å². The zero-order valence-corrected chi connectivity index (χ0v) is 13.2. The summed E-state index contributed by atoms with van der Waals surface area (Å²) in [5, 5.41) is 0. The number of carbonyl (C=O) groups excluding carboxylic acids is 2. The second kappa shape index (κ2) is 5.72. The van der Waals surface area contributed by atoms with Crippen LogP contribution in [0, 0.1) is 6.92 Å². The molecule has 0 aliphatic carbocycles. The molecule has 2 amide bonds. The van der Waals surface area contributed by atoms with Crippen LogP contribution in [0.25, 0.3) is 0 Å². The zero-order chi connectivity index (χ0) is 15.7. The monoisotopic (exact) mass is 302 g/mol. The summed E-state index contributed by atoms with van der Waals surface area (Å²) in [6.07, 6.45) is 0.461. The van der Waals surface area contributed by atoms with E-state index in [0.29, 0.717) is 39.3 Å². The van der Waals surface area contributed by atoms with E-state index in [2.05, 4.69) is 24.3 Å². The molecule has 1 aromatic rings. The van der Waals surface area contributed by atoms with Gasteiger partial charge in [-0.1, -0.05) is 29.8 Å². The van der Waals surface area contributed by atoms with Gasteiger partial charge in [-0.2, -0.15) is 0 Å². The summed E-state index contributed by atoms with van der Waals surface area (Å²) in [7, 11) is 0. The molecule has 2 heterocycles. The Bertz CT molecular complexity index is 584. The van der Waals surface area contributed by atoms with E-state index in [9.17, 15) is 9.59 Å². The molecule has 2 aliphatic heterocycles. The molecule has 5 nitrogen and oxygen atoms in total. The van der Waals surface area contributed by atoms with Crippen LogP contribution in [-0.4, -0.2) is 53.5 Å². The summed E-state index contributed by atoms with van der Waals surface area (Å²) < 4.78 is 5.68. The third-order valence-corrected chi connectivity index (χ3v) is 4.62. The van der Waals surface area contributed by atoms with Crippen LogP contribution in [0.3, 0.4) is 0 Å². The molecule has 0 saturated carbocycles. The van der Waals surface area contributed by atoms with Crippen LogP contribution in [0.5, 0.6) is 0 Å². The molecule has 118 valence electrons. The fraction of sp³-hybridized carbons (Fsp3) is 0.529. The quantitative estimate of drug-likeness (QED) is 0.775. The third kappa shape index (κ3) is 2.73. The average molecular weight is 302 g/mol. The molecule has 0 radical (unpaired) electrons. The number of aryl methyl sites for hydroxylation is 1. The Morgan fingerprint density at radius 2 is 2.05 bits per heavy atom. The Kier molecular flexibility index (Phi) is 3.91. The number of nitrogens with zero attached hydrogens (tertiary/aromatic N) is 2. The first-order chi connectivity index (χ1) is 10.5. The molecule has 5 heteroatoms. The van der Waals surface area contributed by atoms with Gasteiger partial charge in [-0.3, -0.25) is 9.59 Å². The van der Waals surface area contributed by atoms with Crippen molar-refractivity contribution in [3.8, 4) is 0 Å². The predicted molar refractivity (Wildman–Crippen MR) is 82.2 cm³/mol. The van der Waals surface area contributed by atoms with Crippen LogP contribution in [-0.2, 0) is 20.9 Å². The van der Waals surface area contributed by atoms with Crippen LogP contribution in [0.4, 0.5) is 0 Å².